The van der Waals surface area contributed by atoms with Crippen LogP contribution in [0.1, 0.15) is 75.5 Å². The van der Waals surface area contributed by atoms with Gasteiger partial charge in [-0.2, -0.15) is 0 Å². The Balaban J connectivity index is 1.22. The summed E-state index contributed by atoms with van der Waals surface area (Å²) in [6.07, 6.45) is 4.58. The minimum Gasteiger partial charge on any atom is -0.496 e. The van der Waals surface area contributed by atoms with Gasteiger partial charge in [0.15, 0.2) is 0 Å². The second kappa shape index (κ2) is 11.9. The molecule has 252 valence electrons. The summed E-state index contributed by atoms with van der Waals surface area (Å²) in [6.45, 7) is 2.64. The molecule has 1 saturated heterocycles. The number of aryl methyl sites for hydroxylation is 3. The van der Waals surface area contributed by atoms with Crippen molar-refractivity contribution < 1.29 is 18.3 Å². The number of hydrogen-bond acceptors (Lipinski definition) is 9. The van der Waals surface area contributed by atoms with Crippen molar-refractivity contribution in [1.82, 2.24) is 25.1 Å². The molecule has 1 aliphatic carbocycles. The quantitative estimate of drug-likeness (QED) is 0.170. The molecule has 10 nitrogen and oxygen atoms in total. The lowest BCUT2D eigenvalue weighted by molar-refractivity contribution is 0.0776. The van der Waals surface area contributed by atoms with E-state index in [4.69, 9.17) is 19.1 Å². The van der Waals surface area contributed by atoms with Gasteiger partial charge in [0, 0.05) is 22.7 Å². The van der Waals surface area contributed by atoms with Crippen LogP contribution in [0.3, 0.4) is 0 Å². The first-order chi connectivity index (χ1) is 24.4. The number of rotatable bonds is 8. The molecule has 2 aromatic carbocycles. The molecule has 4 aromatic heterocycles. The lowest BCUT2D eigenvalue weighted by Gasteiger charge is -2.17. The van der Waals surface area contributed by atoms with Crippen molar-refractivity contribution in [2.24, 2.45) is 0 Å². The number of anilines is 1. The first-order valence-corrected chi connectivity index (χ1v) is 17.7. The van der Waals surface area contributed by atoms with Gasteiger partial charge in [-0.05, 0) is 97.9 Å². The third-order valence-electron chi connectivity index (χ3n) is 10.2. The van der Waals surface area contributed by atoms with E-state index >= 15 is 0 Å². The van der Waals surface area contributed by atoms with Crippen LogP contribution in [0.4, 0.5) is 10.2 Å². The van der Waals surface area contributed by atoms with Gasteiger partial charge in [0.05, 0.1) is 46.4 Å². The molecule has 1 fully saturated rings. The molecule has 12 heteroatoms. The molecule has 1 amide bonds. The maximum Gasteiger partial charge on any atom is 0.434 e. The summed E-state index contributed by atoms with van der Waals surface area (Å²) in [4.78, 5) is 39.5. The Morgan fingerprint density at radius 2 is 1.92 bits per heavy atom. The number of methoxy groups -OCH3 is 1. The summed E-state index contributed by atoms with van der Waals surface area (Å²) in [7, 11) is 1.70. The van der Waals surface area contributed by atoms with Crippen LogP contribution < -0.4 is 15.8 Å². The van der Waals surface area contributed by atoms with Crippen molar-refractivity contribution in [3.8, 4) is 27.6 Å². The number of H-pyrrole nitrogens is 1. The molecule has 0 bridgehead atoms. The number of hydrogen-bond donors (Lipinski definition) is 2. The van der Waals surface area contributed by atoms with Gasteiger partial charge in [-0.1, -0.05) is 24.3 Å². The number of pyridine rings is 2. The van der Waals surface area contributed by atoms with Crippen LogP contribution in [-0.2, 0) is 19.3 Å². The number of amides is 1. The molecule has 6 heterocycles. The van der Waals surface area contributed by atoms with Gasteiger partial charge in [0.25, 0.3) is 11.8 Å². The zero-order chi connectivity index (χ0) is 34.1. The van der Waals surface area contributed by atoms with Crippen molar-refractivity contribution in [2.75, 3.05) is 19.0 Å². The fraction of sp³-hybridized carbons (Fsp3) is 0.289. The maximum absolute atomic E-state index is 14.2. The highest BCUT2D eigenvalue weighted by Gasteiger charge is 2.45. The summed E-state index contributed by atoms with van der Waals surface area (Å²) in [5, 5.41) is 11.4. The number of aromatic amines is 1. The number of halogens is 1. The number of thiophene rings is 1. The normalized spacial score (nSPS) is 17.7. The number of aromatic nitrogens is 4. The topological polar surface area (TPSA) is 126 Å². The van der Waals surface area contributed by atoms with Crippen molar-refractivity contribution in [3.05, 3.63) is 110 Å². The Kier molecular flexibility index (Phi) is 7.30. The fourth-order valence-corrected chi connectivity index (χ4v) is 9.14. The summed E-state index contributed by atoms with van der Waals surface area (Å²) < 4.78 is 26.0. The minimum atomic E-state index is -0.695. The van der Waals surface area contributed by atoms with Crippen LogP contribution in [0.2, 0.25) is 0 Å². The molecular formula is C38H33FN6O4S. The van der Waals surface area contributed by atoms with Gasteiger partial charge in [-0.25, -0.2) is 19.3 Å². The third-order valence-corrected chi connectivity index (χ3v) is 11.4. The lowest BCUT2D eigenvalue weighted by atomic mass is 9.93. The first-order valence-electron chi connectivity index (χ1n) is 16.9. The van der Waals surface area contributed by atoms with Gasteiger partial charge in [0.2, 0.25) is 0 Å². The summed E-state index contributed by atoms with van der Waals surface area (Å²) in [5.74, 6) is 0.687. The molecule has 50 heavy (non-hydrogen) atoms. The molecule has 3 aliphatic rings. The molecular weight excluding hydrogens is 656 g/mol. The second-order valence-corrected chi connectivity index (χ2v) is 14.2. The Morgan fingerprint density at radius 3 is 2.72 bits per heavy atom. The predicted octanol–water partition coefficient (Wildman–Crippen LogP) is 7.33. The van der Waals surface area contributed by atoms with Crippen LogP contribution in [0.15, 0.2) is 63.8 Å². The Labute approximate surface area is 290 Å². The Bertz CT molecular complexity index is 2380. The Hall–Kier alpha value is -5.36. The number of carbonyl (C=O) groups excluding carboxylic acids is 1. The summed E-state index contributed by atoms with van der Waals surface area (Å²) in [6, 6.07) is 16.7. The molecule has 6 aromatic rings. The highest BCUT2D eigenvalue weighted by Crippen LogP contribution is 2.50. The van der Waals surface area contributed by atoms with Crippen LogP contribution in [-0.4, -0.2) is 44.6 Å². The average molecular weight is 689 g/mol. The third kappa shape index (κ3) is 5.00. The monoisotopic (exact) mass is 688 g/mol. The number of benzene rings is 2. The van der Waals surface area contributed by atoms with Crippen LogP contribution in [0.25, 0.3) is 32.0 Å². The van der Waals surface area contributed by atoms with Gasteiger partial charge in [-0.3, -0.25) is 9.78 Å². The van der Waals surface area contributed by atoms with E-state index in [2.05, 4.69) is 33.7 Å². The van der Waals surface area contributed by atoms with E-state index in [1.165, 1.54) is 23.3 Å². The van der Waals surface area contributed by atoms with Gasteiger partial charge >= 0.3 is 5.76 Å². The molecule has 0 saturated carbocycles. The van der Waals surface area contributed by atoms with Crippen LogP contribution in [0, 0.1) is 12.7 Å². The van der Waals surface area contributed by atoms with E-state index < -0.39 is 5.76 Å². The molecule has 2 atom stereocenters. The van der Waals surface area contributed by atoms with E-state index in [0.29, 0.717) is 41.8 Å². The van der Waals surface area contributed by atoms with Gasteiger partial charge < -0.3 is 19.4 Å². The number of nitrogens with one attached hydrogen (secondary N) is 2. The highest BCUT2D eigenvalue weighted by molar-refractivity contribution is 7.23. The summed E-state index contributed by atoms with van der Waals surface area (Å²) in [5.41, 5.74) is 7.35. The molecule has 0 unspecified atom stereocenters. The zero-order valence-corrected chi connectivity index (χ0v) is 28.3. The zero-order valence-electron chi connectivity index (χ0n) is 27.5. The van der Waals surface area contributed by atoms with Gasteiger partial charge in [-0.15, -0.1) is 16.4 Å². The van der Waals surface area contributed by atoms with Crippen LogP contribution >= 0.6 is 11.3 Å². The summed E-state index contributed by atoms with van der Waals surface area (Å²) >= 11 is 1.55. The first kappa shape index (κ1) is 30.7. The number of nitrogens with zero attached hydrogens (tertiary/aromatic N) is 4. The van der Waals surface area contributed by atoms with Crippen molar-refractivity contribution in [1.29, 1.82) is 0 Å². The SMILES string of the molecule is COc1cccc2c1CC[C@@H]2Nc1nc(C)cc2cc(-c3c4c(nc(CCc5ccc(F)cc5)c3-c3n[nH]c(=O)o3)[C@@H]3CCCN3C4=O)sc12. The Morgan fingerprint density at radius 1 is 1.06 bits per heavy atom. The van der Waals surface area contributed by atoms with Crippen molar-refractivity contribution >= 4 is 33.1 Å². The van der Waals surface area contributed by atoms with Crippen molar-refractivity contribution in [2.45, 2.75) is 57.5 Å². The number of carbonyl (C=O) groups is 1. The number of ether oxygens (including phenoxy) is 1. The second-order valence-electron chi connectivity index (χ2n) is 13.2. The average Bonchev–Trinajstić information content (AvgIpc) is 3.95. The van der Waals surface area contributed by atoms with E-state index in [1.54, 1.807) is 30.6 Å². The van der Waals surface area contributed by atoms with E-state index in [0.717, 1.165) is 69.2 Å². The molecule has 2 aliphatic heterocycles. The predicted molar refractivity (Wildman–Crippen MR) is 188 cm³/mol. The standard InChI is InChI=1S/C38H33FN6O4S/c1-19-17-21-18-29(50-34(21)35(40-19)42-25-15-13-24-23(25)5-3-7-28(24)48-2)31-30(36-43-44-38(47)49-36)26(14-10-20-8-11-22(39)12-9-20)41-33-27-6-4-16-45(27)37(46)32(31)33/h3,5,7-9,11-12,17-18,25,27H,4,6,10,13-16H2,1-2H3,(H,40,42)(H,44,47)/t25-,27-/m0/s1. The smallest absolute Gasteiger partial charge is 0.434 e. The van der Waals surface area contributed by atoms with Gasteiger partial charge in [0.1, 0.15) is 17.4 Å². The molecule has 0 radical (unpaired) electrons. The maximum atomic E-state index is 14.2. The minimum absolute atomic E-state index is 0.0639. The number of fused-ring (bicyclic) bond motifs is 5. The largest absolute Gasteiger partial charge is 0.496 e. The molecule has 9 rings (SSSR count). The molecule has 2 N–H and O–H groups in total. The van der Waals surface area contributed by atoms with Crippen molar-refractivity contribution in [3.63, 3.8) is 0 Å². The fourth-order valence-electron chi connectivity index (χ4n) is 7.99. The molecule has 0 spiro atoms. The highest BCUT2D eigenvalue weighted by atomic mass is 32.1. The van der Waals surface area contributed by atoms with Crippen LogP contribution in [0.5, 0.6) is 5.75 Å². The van der Waals surface area contributed by atoms with E-state index in [-0.39, 0.29) is 29.7 Å². The lowest BCUT2D eigenvalue weighted by Crippen LogP contribution is -2.22. The van der Waals surface area contributed by atoms with E-state index in [1.807, 2.05) is 24.0 Å². The van der Waals surface area contributed by atoms with E-state index in [9.17, 15) is 14.0 Å².